The van der Waals surface area contributed by atoms with Gasteiger partial charge in [0, 0.05) is 12.1 Å². The molecule has 7 heavy (non-hydrogen) atoms. The van der Waals surface area contributed by atoms with Crippen molar-refractivity contribution in [1.82, 2.24) is 5.32 Å². The van der Waals surface area contributed by atoms with E-state index in [-0.39, 0.29) is 0 Å². The molecule has 0 unspecified atom stereocenters. The summed E-state index contributed by atoms with van der Waals surface area (Å²) in [4.78, 5) is 9.90. The zero-order valence-electron chi connectivity index (χ0n) is 3.76. The molecule has 0 bridgehead atoms. The summed E-state index contributed by atoms with van der Waals surface area (Å²) in [5.74, 6) is -0.602. The van der Waals surface area contributed by atoms with Gasteiger partial charge in [0.15, 0.2) is 0 Å². The normalized spacial score (nSPS) is 5.86. The van der Waals surface area contributed by atoms with E-state index in [1.165, 1.54) is 7.05 Å². The Kier molecular flexibility index (Phi) is 2.44. The van der Waals surface area contributed by atoms with Crippen molar-refractivity contribution in [2.75, 3.05) is 7.05 Å². The maximum absolute atomic E-state index is 9.90. The summed E-state index contributed by atoms with van der Waals surface area (Å²) in [7, 11) is 1.39. The largest absolute Gasteiger partial charge is 0.498 e. The molecular weight excluding hydrogens is 96.0 g/mol. The molecule has 0 aliphatic rings. The molecule has 1 amide bonds. The molecule has 0 radical (unpaired) electrons. The Morgan fingerprint density at radius 1 is 2.00 bits per heavy atom. The molecule has 0 aromatic carbocycles. The summed E-state index contributed by atoms with van der Waals surface area (Å²) >= 11 is 0. The molecule has 0 aliphatic heterocycles. The van der Waals surface area contributed by atoms with E-state index in [0.717, 1.165) is 0 Å². The fourth-order valence-electron chi connectivity index (χ4n) is 0.0974. The van der Waals surface area contributed by atoms with Crippen LogP contribution in [0.2, 0.25) is 0 Å². The monoisotopic (exact) mass is 100 g/mol. The second-order valence-electron chi connectivity index (χ2n) is 0.782. The predicted octanol–water partition coefficient (Wildman–Crippen LogP) is -0.437. The van der Waals surface area contributed by atoms with Gasteiger partial charge >= 0.3 is 12.0 Å². The van der Waals surface area contributed by atoms with Gasteiger partial charge in [-0.2, -0.15) is 0 Å². The molecular formula is C3H4N2O2. The Bertz CT molecular complexity index is 121. The molecule has 4 nitrogen and oxygen atoms in total. The fraction of sp³-hybridized carbons (Fsp3) is 0.333. The van der Waals surface area contributed by atoms with E-state index in [2.05, 4.69) is 10.3 Å². The Labute approximate surface area is 40.5 Å². The van der Waals surface area contributed by atoms with Crippen molar-refractivity contribution < 1.29 is 4.79 Å². The average Bonchev–Trinajstić information content (AvgIpc) is 1.68. The first kappa shape index (κ1) is 5.76. The van der Waals surface area contributed by atoms with Gasteiger partial charge in [0.2, 0.25) is 0 Å². The highest BCUT2D eigenvalue weighted by molar-refractivity contribution is 5.92. The number of hydrogen-bond donors (Lipinski definition) is 1. The molecule has 38 valence electrons. The van der Waals surface area contributed by atoms with Gasteiger partial charge in [-0.1, -0.05) is 0 Å². The molecule has 0 aliphatic carbocycles. The van der Waals surface area contributed by atoms with Crippen LogP contribution in [0.3, 0.4) is 0 Å². The highest BCUT2D eigenvalue weighted by Crippen LogP contribution is 1.57. The first-order valence-corrected chi connectivity index (χ1v) is 1.61. The van der Waals surface area contributed by atoms with Crippen LogP contribution in [0.5, 0.6) is 0 Å². The number of carbonyl (C=O) groups is 1. The smallest absolute Gasteiger partial charge is 0.400 e. The van der Waals surface area contributed by atoms with Gasteiger partial charge in [0.25, 0.3) is 0 Å². The van der Waals surface area contributed by atoms with Gasteiger partial charge in [0.1, 0.15) is 0 Å². The van der Waals surface area contributed by atoms with E-state index < -0.39 is 5.91 Å². The molecule has 0 atom stereocenters. The lowest BCUT2D eigenvalue weighted by Crippen LogP contribution is -2.14. The summed E-state index contributed by atoms with van der Waals surface area (Å²) in [6.07, 6.45) is 0. The van der Waals surface area contributed by atoms with Crippen molar-refractivity contribution in [1.29, 1.82) is 0 Å². The Hall–Kier alpha value is -1.24. The average molecular weight is 100 g/mol. The molecule has 1 N–H and O–H groups in total. The molecule has 0 heterocycles. The maximum atomic E-state index is 9.90. The van der Waals surface area contributed by atoms with Gasteiger partial charge in [-0.05, 0) is 0 Å². The fourth-order valence-corrected chi connectivity index (χ4v) is 0.0974. The minimum atomic E-state index is -0.602. The van der Waals surface area contributed by atoms with Gasteiger partial charge in [-0.3, -0.25) is 4.79 Å². The van der Waals surface area contributed by atoms with E-state index in [4.69, 9.17) is 5.21 Å². The second-order valence-corrected chi connectivity index (χ2v) is 0.782. The number of nitrogens with one attached hydrogen (secondary N) is 1. The van der Waals surface area contributed by atoms with Crippen LogP contribution in [0.1, 0.15) is 0 Å². The van der Waals surface area contributed by atoms with Crippen LogP contribution >= 0.6 is 0 Å². The van der Waals surface area contributed by atoms with Crippen LogP contribution < -0.4 is 5.32 Å². The number of hydrogen-bond acceptors (Lipinski definition) is 2. The third-order valence-corrected chi connectivity index (χ3v) is 0.374. The van der Waals surface area contributed by atoms with E-state index in [1.807, 2.05) is 0 Å². The van der Waals surface area contributed by atoms with Crippen LogP contribution in [0, 0.1) is 11.3 Å². The van der Waals surface area contributed by atoms with Crippen LogP contribution in [-0.4, -0.2) is 13.0 Å². The van der Waals surface area contributed by atoms with E-state index in [0.29, 0.717) is 0 Å². The Balaban J connectivity index is 3.52. The van der Waals surface area contributed by atoms with Crippen LogP contribution in [-0.2, 0) is 4.79 Å². The number of rotatable bonds is 0. The van der Waals surface area contributed by atoms with E-state index >= 15 is 0 Å². The number of amides is 1. The lowest BCUT2D eigenvalue weighted by molar-refractivity contribution is -0.115. The lowest BCUT2D eigenvalue weighted by atomic mass is 10.7. The SMILES string of the molecule is CNC(=O)C#[N+][O-]. The molecule has 0 aromatic heterocycles. The topological polar surface area (TPSA) is 56.5 Å². The summed E-state index contributed by atoms with van der Waals surface area (Å²) in [5, 5.41) is 13.4. The van der Waals surface area contributed by atoms with Crippen molar-refractivity contribution in [3.8, 4) is 6.07 Å². The summed E-state index contributed by atoms with van der Waals surface area (Å²) in [6, 6.07) is 1.61. The summed E-state index contributed by atoms with van der Waals surface area (Å²) in [5.41, 5.74) is 0. The molecule has 4 heteroatoms. The van der Waals surface area contributed by atoms with Crippen molar-refractivity contribution >= 4 is 5.91 Å². The third-order valence-electron chi connectivity index (χ3n) is 0.374. The highest BCUT2D eigenvalue weighted by Gasteiger charge is 1.94. The Morgan fingerprint density at radius 3 is 2.71 bits per heavy atom. The Morgan fingerprint density at radius 2 is 2.57 bits per heavy atom. The zero-order chi connectivity index (χ0) is 5.70. The van der Waals surface area contributed by atoms with Crippen LogP contribution in [0.25, 0.3) is 5.01 Å². The first-order valence-electron chi connectivity index (χ1n) is 1.61. The van der Waals surface area contributed by atoms with Crippen LogP contribution in [0.4, 0.5) is 0 Å². The predicted molar refractivity (Wildman–Crippen MR) is 24.7 cm³/mol. The maximum Gasteiger partial charge on any atom is 0.400 e. The van der Waals surface area contributed by atoms with Gasteiger partial charge in [-0.25, -0.2) is 0 Å². The summed E-state index contributed by atoms with van der Waals surface area (Å²) in [6.45, 7) is 0. The lowest BCUT2D eigenvalue weighted by Gasteiger charge is -1.74. The highest BCUT2D eigenvalue weighted by atomic mass is 16.4. The number of carbonyl (C=O) groups excluding carboxylic acids is 1. The quantitative estimate of drug-likeness (QED) is 0.331. The molecule has 0 aromatic rings. The molecule has 0 spiro atoms. The number of nitrogens with zero attached hydrogens (tertiary/aromatic N) is 1. The minimum absolute atomic E-state index is 0.602. The second kappa shape index (κ2) is 2.97. The van der Waals surface area contributed by atoms with Gasteiger partial charge in [-0.15, -0.1) is 0 Å². The van der Waals surface area contributed by atoms with Crippen molar-refractivity contribution in [3.05, 3.63) is 10.2 Å². The zero-order valence-corrected chi connectivity index (χ0v) is 3.76. The van der Waals surface area contributed by atoms with Gasteiger partial charge in [0.05, 0.1) is 0 Å². The van der Waals surface area contributed by atoms with E-state index in [1.54, 1.807) is 6.07 Å². The van der Waals surface area contributed by atoms with Crippen molar-refractivity contribution in [2.45, 2.75) is 0 Å². The van der Waals surface area contributed by atoms with Crippen LogP contribution in [0.15, 0.2) is 0 Å². The minimum Gasteiger partial charge on any atom is -0.498 e. The summed E-state index contributed by atoms with van der Waals surface area (Å²) < 4.78 is 0. The standard InChI is InChI=1S/C3H4N2O2/c1-4-3(6)2-5-7/h1H3,(H,4,6). The molecule has 0 fully saturated rings. The van der Waals surface area contributed by atoms with Crippen molar-refractivity contribution in [3.63, 3.8) is 0 Å². The van der Waals surface area contributed by atoms with E-state index in [9.17, 15) is 4.79 Å². The molecule has 0 saturated heterocycles. The molecule has 0 rings (SSSR count). The van der Waals surface area contributed by atoms with Crippen molar-refractivity contribution in [2.24, 2.45) is 0 Å². The molecule has 0 saturated carbocycles. The third kappa shape index (κ3) is 2.56. The first-order chi connectivity index (χ1) is 3.31. The van der Waals surface area contributed by atoms with Gasteiger partial charge < -0.3 is 10.5 Å².